The predicted molar refractivity (Wildman–Crippen MR) is 53.9 cm³/mol. The van der Waals surface area contributed by atoms with E-state index >= 15 is 0 Å². The minimum atomic E-state index is -0.0399. The third kappa shape index (κ3) is 1.78. The molecule has 1 N–H and O–H groups in total. The van der Waals surface area contributed by atoms with Gasteiger partial charge in [-0.3, -0.25) is 4.79 Å². The van der Waals surface area contributed by atoms with Gasteiger partial charge in [-0.2, -0.15) is 0 Å². The number of carbonyl (C=O) groups excluding carboxylic acids is 1. The lowest BCUT2D eigenvalue weighted by Crippen LogP contribution is -2.38. The second-order valence-corrected chi connectivity index (χ2v) is 4.35. The van der Waals surface area contributed by atoms with Gasteiger partial charge in [0, 0.05) is 0 Å². The fourth-order valence-electron chi connectivity index (χ4n) is 2.85. The van der Waals surface area contributed by atoms with E-state index in [1.165, 1.54) is 25.7 Å². The highest BCUT2D eigenvalue weighted by atomic mass is 16.5. The van der Waals surface area contributed by atoms with Crippen LogP contribution in [0, 0.1) is 11.8 Å². The zero-order valence-electron chi connectivity index (χ0n) is 8.79. The molecule has 1 aliphatic heterocycles. The van der Waals surface area contributed by atoms with Crippen LogP contribution in [0.4, 0.5) is 0 Å². The van der Waals surface area contributed by atoms with Gasteiger partial charge in [0.25, 0.3) is 0 Å². The summed E-state index contributed by atoms with van der Waals surface area (Å²) in [7, 11) is 0. The van der Waals surface area contributed by atoms with E-state index in [2.05, 4.69) is 5.32 Å². The van der Waals surface area contributed by atoms with E-state index in [-0.39, 0.29) is 12.0 Å². The lowest BCUT2D eigenvalue weighted by atomic mass is 9.78. The molecular weight excluding hydrogens is 178 g/mol. The second-order valence-electron chi connectivity index (χ2n) is 4.35. The standard InChI is InChI=1S/C11H19NO2/c1-2-14-11(13)10-9-6-4-3-5-8(9)7-12-10/h8-10,12H,2-7H2,1H3/t8-,9?,10-/m0/s1. The third-order valence-corrected chi connectivity index (χ3v) is 3.54. The van der Waals surface area contributed by atoms with Crippen molar-refractivity contribution in [2.75, 3.05) is 13.2 Å². The zero-order chi connectivity index (χ0) is 9.97. The molecule has 1 saturated heterocycles. The molecule has 3 nitrogen and oxygen atoms in total. The van der Waals surface area contributed by atoms with Crippen LogP contribution in [0.3, 0.4) is 0 Å². The SMILES string of the molecule is CCOC(=O)[C@H]1NC[C@@H]2CCCCC21. The van der Waals surface area contributed by atoms with Gasteiger partial charge in [-0.05, 0) is 38.1 Å². The Morgan fingerprint density at radius 3 is 3.00 bits per heavy atom. The van der Waals surface area contributed by atoms with E-state index < -0.39 is 0 Å². The Kier molecular flexibility index (Phi) is 3.06. The number of hydrogen-bond acceptors (Lipinski definition) is 3. The Morgan fingerprint density at radius 1 is 1.43 bits per heavy atom. The van der Waals surface area contributed by atoms with E-state index in [0.29, 0.717) is 12.5 Å². The molecule has 2 aliphatic rings. The monoisotopic (exact) mass is 197 g/mol. The van der Waals surface area contributed by atoms with Crippen LogP contribution in [0.5, 0.6) is 0 Å². The topological polar surface area (TPSA) is 38.3 Å². The van der Waals surface area contributed by atoms with Crippen molar-refractivity contribution >= 4 is 5.97 Å². The van der Waals surface area contributed by atoms with Crippen LogP contribution in [0.15, 0.2) is 0 Å². The molecule has 80 valence electrons. The molecule has 0 bridgehead atoms. The summed E-state index contributed by atoms with van der Waals surface area (Å²) in [6, 6.07) is -0.0137. The summed E-state index contributed by atoms with van der Waals surface area (Å²) >= 11 is 0. The molecule has 0 spiro atoms. The van der Waals surface area contributed by atoms with Crippen LogP contribution in [-0.4, -0.2) is 25.2 Å². The van der Waals surface area contributed by atoms with Crippen LogP contribution < -0.4 is 5.32 Å². The average molecular weight is 197 g/mol. The zero-order valence-corrected chi connectivity index (χ0v) is 8.79. The van der Waals surface area contributed by atoms with Crippen molar-refractivity contribution in [2.45, 2.75) is 38.6 Å². The lowest BCUT2D eigenvalue weighted by molar-refractivity contribution is -0.146. The van der Waals surface area contributed by atoms with Crippen LogP contribution in [0.2, 0.25) is 0 Å². The molecule has 0 aromatic heterocycles. The van der Waals surface area contributed by atoms with Crippen molar-refractivity contribution < 1.29 is 9.53 Å². The Hall–Kier alpha value is -0.570. The summed E-state index contributed by atoms with van der Waals surface area (Å²) < 4.78 is 5.07. The minimum Gasteiger partial charge on any atom is -0.465 e. The fraction of sp³-hybridized carbons (Fsp3) is 0.909. The maximum Gasteiger partial charge on any atom is 0.323 e. The molecule has 0 amide bonds. The lowest BCUT2D eigenvalue weighted by Gasteiger charge is -2.26. The van der Waals surface area contributed by atoms with Crippen LogP contribution in [0.25, 0.3) is 0 Å². The summed E-state index contributed by atoms with van der Waals surface area (Å²) in [6.07, 6.45) is 5.09. The van der Waals surface area contributed by atoms with E-state index in [1.54, 1.807) is 0 Å². The number of nitrogens with one attached hydrogen (secondary N) is 1. The average Bonchev–Trinajstić information content (AvgIpc) is 2.61. The van der Waals surface area contributed by atoms with Gasteiger partial charge in [-0.15, -0.1) is 0 Å². The molecule has 14 heavy (non-hydrogen) atoms. The van der Waals surface area contributed by atoms with Crippen molar-refractivity contribution in [1.82, 2.24) is 5.32 Å². The summed E-state index contributed by atoms with van der Waals surface area (Å²) in [6.45, 7) is 3.37. The van der Waals surface area contributed by atoms with Crippen LogP contribution in [0.1, 0.15) is 32.6 Å². The van der Waals surface area contributed by atoms with Crippen LogP contribution >= 0.6 is 0 Å². The van der Waals surface area contributed by atoms with Gasteiger partial charge in [-0.25, -0.2) is 0 Å². The molecule has 0 radical (unpaired) electrons. The van der Waals surface area contributed by atoms with Gasteiger partial charge in [0.2, 0.25) is 0 Å². The number of hydrogen-bond donors (Lipinski definition) is 1. The number of fused-ring (bicyclic) bond motifs is 1. The van der Waals surface area contributed by atoms with E-state index in [0.717, 1.165) is 12.5 Å². The van der Waals surface area contributed by atoms with Gasteiger partial charge < -0.3 is 10.1 Å². The molecule has 0 aromatic rings. The maximum absolute atomic E-state index is 11.6. The fourth-order valence-corrected chi connectivity index (χ4v) is 2.85. The summed E-state index contributed by atoms with van der Waals surface area (Å²) in [5.74, 6) is 1.22. The minimum absolute atomic E-state index is 0.0137. The van der Waals surface area contributed by atoms with Gasteiger partial charge in [0.15, 0.2) is 0 Å². The summed E-state index contributed by atoms with van der Waals surface area (Å²) in [5, 5.41) is 3.31. The number of rotatable bonds is 2. The molecule has 1 saturated carbocycles. The molecule has 1 unspecified atom stereocenters. The van der Waals surface area contributed by atoms with E-state index in [9.17, 15) is 4.79 Å². The van der Waals surface area contributed by atoms with Crippen LogP contribution in [-0.2, 0) is 9.53 Å². The van der Waals surface area contributed by atoms with Gasteiger partial charge in [-0.1, -0.05) is 12.8 Å². The Bertz CT molecular complexity index is 217. The molecule has 1 heterocycles. The first-order valence-corrected chi connectivity index (χ1v) is 5.73. The third-order valence-electron chi connectivity index (χ3n) is 3.54. The molecular formula is C11H19NO2. The van der Waals surface area contributed by atoms with Crippen molar-refractivity contribution in [3.05, 3.63) is 0 Å². The Morgan fingerprint density at radius 2 is 2.21 bits per heavy atom. The van der Waals surface area contributed by atoms with Crippen molar-refractivity contribution in [3.63, 3.8) is 0 Å². The molecule has 2 fully saturated rings. The highest BCUT2D eigenvalue weighted by molar-refractivity contribution is 5.76. The summed E-state index contributed by atoms with van der Waals surface area (Å²) in [5.41, 5.74) is 0. The quantitative estimate of drug-likeness (QED) is 0.679. The molecule has 2 rings (SSSR count). The number of esters is 1. The predicted octanol–water partition coefficient (Wildman–Crippen LogP) is 1.33. The highest BCUT2D eigenvalue weighted by Crippen LogP contribution is 2.36. The second kappa shape index (κ2) is 4.30. The first-order chi connectivity index (χ1) is 6.83. The Balaban J connectivity index is 1.96. The molecule has 3 heteroatoms. The molecule has 1 aliphatic carbocycles. The van der Waals surface area contributed by atoms with Gasteiger partial charge in [0.05, 0.1) is 6.61 Å². The van der Waals surface area contributed by atoms with Gasteiger partial charge in [0.1, 0.15) is 6.04 Å². The van der Waals surface area contributed by atoms with Crippen molar-refractivity contribution in [2.24, 2.45) is 11.8 Å². The largest absolute Gasteiger partial charge is 0.465 e. The summed E-state index contributed by atoms with van der Waals surface area (Å²) in [4.78, 5) is 11.6. The van der Waals surface area contributed by atoms with E-state index in [4.69, 9.17) is 4.74 Å². The highest BCUT2D eigenvalue weighted by Gasteiger charge is 2.41. The molecule has 0 aromatic carbocycles. The number of ether oxygens (including phenoxy) is 1. The van der Waals surface area contributed by atoms with Gasteiger partial charge >= 0.3 is 5.97 Å². The molecule has 3 atom stereocenters. The number of carbonyl (C=O) groups is 1. The smallest absolute Gasteiger partial charge is 0.323 e. The normalized spacial score (nSPS) is 36.5. The first-order valence-electron chi connectivity index (χ1n) is 5.73. The van der Waals surface area contributed by atoms with E-state index in [1.807, 2.05) is 6.92 Å². The van der Waals surface area contributed by atoms with Crippen molar-refractivity contribution in [3.8, 4) is 0 Å². The first kappa shape index (κ1) is 9.97. The maximum atomic E-state index is 11.6. The van der Waals surface area contributed by atoms with Crippen molar-refractivity contribution in [1.29, 1.82) is 0 Å². The Labute approximate surface area is 85.2 Å².